The topological polar surface area (TPSA) is 109 Å². The molecule has 1 saturated carbocycles. The number of hydrogen-bond donors (Lipinski definition) is 1. The Kier molecular flexibility index (Phi) is 6.07. The van der Waals surface area contributed by atoms with Crippen molar-refractivity contribution in [2.24, 2.45) is 0 Å². The number of imidazole rings is 1. The van der Waals surface area contributed by atoms with Crippen molar-refractivity contribution in [2.75, 3.05) is 24.6 Å². The van der Waals surface area contributed by atoms with Crippen molar-refractivity contribution < 1.29 is 14.6 Å². The van der Waals surface area contributed by atoms with Crippen LogP contribution in [-0.4, -0.2) is 55.9 Å². The molecule has 38 heavy (non-hydrogen) atoms. The Morgan fingerprint density at radius 2 is 1.87 bits per heavy atom. The lowest BCUT2D eigenvalue weighted by Gasteiger charge is -2.33. The fraction of sp³-hybridized carbons (Fsp3) is 0.310. The van der Waals surface area contributed by atoms with Gasteiger partial charge in [0.2, 0.25) is 0 Å². The molecule has 1 aliphatic heterocycles. The molecule has 6 rings (SSSR count). The Hall–Kier alpha value is -4.60. The molecule has 9 heteroatoms. The highest BCUT2D eigenvalue weighted by atomic mass is 16.5. The summed E-state index contributed by atoms with van der Waals surface area (Å²) in [4.78, 5) is 15.5. The summed E-state index contributed by atoms with van der Waals surface area (Å²) in [5, 5.41) is 19.8. The number of fused-ring (bicyclic) bond motifs is 1. The van der Waals surface area contributed by atoms with Crippen molar-refractivity contribution in [3.8, 4) is 41.2 Å². The van der Waals surface area contributed by atoms with Gasteiger partial charge in [-0.05, 0) is 37.1 Å². The molecule has 0 amide bonds. The van der Waals surface area contributed by atoms with Crippen LogP contribution in [0.15, 0.2) is 55.0 Å². The number of pyridine rings is 3. The van der Waals surface area contributed by atoms with Crippen molar-refractivity contribution >= 4 is 11.5 Å². The standard InChI is InChI=1S/C29H26N6O3/c1-2-21-4-5-24(18-31-21)38-23-7-11-34(12-8-23)27-6-3-20(16-32-27)26-13-25(37-19-29(36)9-10-29)14-28-33-17-22(15-30)35(26)28/h1,3-6,13-14,16-18,23,36H,7-12,19H2. The van der Waals surface area contributed by atoms with Gasteiger partial charge in [0.15, 0.2) is 0 Å². The zero-order chi connectivity index (χ0) is 26.1. The molecule has 0 spiro atoms. The molecule has 5 heterocycles. The molecule has 0 atom stereocenters. The quantitative estimate of drug-likeness (QED) is 0.379. The summed E-state index contributed by atoms with van der Waals surface area (Å²) >= 11 is 0. The van der Waals surface area contributed by atoms with Crippen LogP contribution in [0.5, 0.6) is 11.5 Å². The maximum atomic E-state index is 10.2. The molecule has 1 aliphatic carbocycles. The lowest BCUT2D eigenvalue weighted by Crippen LogP contribution is -2.38. The maximum absolute atomic E-state index is 10.2. The Morgan fingerprint density at radius 3 is 2.53 bits per heavy atom. The minimum atomic E-state index is -0.731. The van der Waals surface area contributed by atoms with E-state index in [0.717, 1.165) is 61.6 Å². The number of nitrogens with zero attached hydrogens (tertiary/aromatic N) is 6. The van der Waals surface area contributed by atoms with E-state index in [-0.39, 0.29) is 12.7 Å². The third kappa shape index (κ3) is 4.84. The summed E-state index contributed by atoms with van der Waals surface area (Å²) in [7, 11) is 0. The molecule has 2 fully saturated rings. The lowest BCUT2D eigenvalue weighted by molar-refractivity contribution is 0.0857. The Morgan fingerprint density at radius 1 is 1.03 bits per heavy atom. The van der Waals surface area contributed by atoms with Crippen molar-refractivity contribution in [1.29, 1.82) is 5.26 Å². The molecule has 4 aromatic rings. The van der Waals surface area contributed by atoms with E-state index in [9.17, 15) is 10.4 Å². The van der Waals surface area contributed by atoms with Crippen LogP contribution in [0.3, 0.4) is 0 Å². The average Bonchev–Trinajstić information content (AvgIpc) is 3.56. The summed E-state index contributed by atoms with van der Waals surface area (Å²) in [5.74, 6) is 4.72. The molecular formula is C29H26N6O3. The summed E-state index contributed by atoms with van der Waals surface area (Å²) in [6.45, 7) is 1.88. The molecule has 190 valence electrons. The van der Waals surface area contributed by atoms with Crippen LogP contribution in [0.25, 0.3) is 16.9 Å². The third-order valence-corrected chi connectivity index (χ3v) is 7.03. The Bertz CT molecular complexity index is 1540. The minimum Gasteiger partial charge on any atom is -0.490 e. The number of terminal acetylenes is 1. The van der Waals surface area contributed by atoms with Gasteiger partial charge in [-0.15, -0.1) is 6.42 Å². The second-order valence-electron chi connectivity index (χ2n) is 9.77. The van der Waals surface area contributed by atoms with Gasteiger partial charge in [0.25, 0.3) is 0 Å². The third-order valence-electron chi connectivity index (χ3n) is 7.03. The molecule has 4 aromatic heterocycles. The van der Waals surface area contributed by atoms with Crippen LogP contribution in [0.1, 0.15) is 37.1 Å². The van der Waals surface area contributed by atoms with Gasteiger partial charge in [-0.25, -0.2) is 15.0 Å². The number of aromatic nitrogens is 4. The molecule has 0 radical (unpaired) electrons. The zero-order valence-electron chi connectivity index (χ0n) is 20.7. The molecule has 0 aromatic carbocycles. The highest BCUT2D eigenvalue weighted by Gasteiger charge is 2.41. The van der Waals surface area contributed by atoms with E-state index in [1.807, 2.05) is 30.5 Å². The number of nitriles is 1. The molecule has 1 saturated heterocycles. The van der Waals surface area contributed by atoms with Crippen LogP contribution >= 0.6 is 0 Å². The van der Waals surface area contributed by atoms with Crippen molar-refractivity contribution in [1.82, 2.24) is 19.4 Å². The predicted molar refractivity (Wildman–Crippen MR) is 141 cm³/mol. The van der Waals surface area contributed by atoms with Crippen LogP contribution in [-0.2, 0) is 0 Å². The van der Waals surface area contributed by atoms with Gasteiger partial charge in [-0.2, -0.15) is 5.26 Å². The number of hydrogen-bond acceptors (Lipinski definition) is 8. The van der Waals surface area contributed by atoms with Crippen LogP contribution in [0.4, 0.5) is 5.82 Å². The Balaban J connectivity index is 1.16. The fourth-order valence-corrected chi connectivity index (χ4v) is 4.63. The van der Waals surface area contributed by atoms with Gasteiger partial charge in [-0.3, -0.25) is 4.40 Å². The summed E-state index contributed by atoms with van der Waals surface area (Å²) in [6.07, 6.45) is 13.7. The van der Waals surface area contributed by atoms with Gasteiger partial charge in [-0.1, -0.05) is 5.92 Å². The van der Waals surface area contributed by atoms with Crippen LogP contribution in [0.2, 0.25) is 0 Å². The second-order valence-corrected chi connectivity index (χ2v) is 9.77. The minimum absolute atomic E-state index is 0.111. The zero-order valence-corrected chi connectivity index (χ0v) is 20.7. The molecule has 0 bridgehead atoms. The first-order valence-corrected chi connectivity index (χ1v) is 12.6. The highest BCUT2D eigenvalue weighted by Crippen LogP contribution is 2.36. The van der Waals surface area contributed by atoms with E-state index in [1.165, 1.54) is 0 Å². The number of anilines is 1. The van der Waals surface area contributed by atoms with Crippen molar-refractivity contribution in [3.63, 3.8) is 0 Å². The first-order valence-electron chi connectivity index (χ1n) is 12.6. The Labute approximate surface area is 220 Å². The van der Waals surface area contributed by atoms with Gasteiger partial charge in [0.1, 0.15) is 53.1 Å². The first kappa shape index (κ1) is 23.8. The SMILES string of the molecule is C#Cc1ccc(OC2CCN(c3ccc(-c4cc(OCC5(O)CC5)cc5ncc(C#N)n45)cn3)CC2)cn1. The van der Waals surface area contributed by atoms with E-state index in [2.05, 4.69) is 26.9 Å². The van der Waals surface area contributed by atoms with Gasteiger partial charge >= 0.3 is 0 Å². The van der Waals surface area contributed by atoms with Crippen LogP contribution in [0, 0.1) is 23.7 Å². The lowest BCUT2D eigenvalue weighted by atomic mass is 10.1. The molecule has 0 unspecified atom stereocenters. The van der Waals surface area contributed by atoms with Gasteiger partial charge < -0.3 is 19.5 Å². The van der Waals surface area contributed by atoms with E-state index in [1.54, 1.807) is 28.9 Å². The monoisotopic (exact) mass is 506 g/mol. The van der Waals surface area contributed by atoms with Crippen molar-refractivity contribution in [3.05, 3.63) is 66.4 Å². The van der Waals surface area contributed by atoms with E-state index in [4.69, 9.17) is 20.9 Å². The van der Waals surface area contributed by atoms with E-state index < -0.39 is 5.60 Å². The van der Waals surface area contributed by atoms with Gasteiger partial charge in [0.05, 0.1) is 23.7 Å². The van der Waals surface area contributed by atoms with Crippen LogP contribution < -0.4 is 14.4 Å². The predicted octanol–water partition coefficient (Wildman–Crippen LogP) is 3.60. The highest BCUT2D eigenvalue weighted by molar-refractivity contribution is 5.68. The average molecular weight is 507 g/mol. The number of ether oxygens (including phenoxy) is 2. The molecule has 1 N–H and O–H groups in total. The maximum Gasteiger partial charge on any atom is 0.145 e. The molecular weight excluding hydrogens is 480 g/mol. The molecule has 9 nitrogen and oxygen atoms in total. The van der Waals surface area contributed by atoms with E-state index in [0.29, 0.717) is 22.8 Å². The number of piperidine rings is 1. The van der Waals surface area contributed by atoms with Gasteiger partial charge in [0, 0.05) is 49.8 Å². The first-order chi connectivity index (χ1) is 18.5. The molecule has 2 aliphatic rings. The normalized spacial score (nSPS) is 16.6. The summed E-state index contributed by atoms with van der Waals surface area (Å²) in [5.41, 5.74) is 2.49. The number of aliphatic hydroxyl groups is 1. The summed E-state index contributed by atoms with van der Waals surface area (Å²) < 4.78 is 13.8. The second kappa shape index (κ2) is 9.70. The number of rotatable bonds is 7. The largest absolute Gasteiger partial charge is 0.490 e. The summed E-state index contributed by atoms with van der Waals surface area (Å²) in [6, 6.07) is 13.5. The fourth-order valence-electron chi connectivity index (χ4n) is 4.63. The smallest absolute Gasteiger partial charge is 0.145 e. The van der Waals surface area contributed by atoms with Crippen molar-refractivity contribution in [2.45, 2.75) is 37.4 Å². The van der Waals surface area contributed by atoms with E-state index >= 15 is 0 Å².